The Hall–Kier alpha value is -3.18. The number of anilines is 2. The minimum Gasteiger partial charge on any atom is -0.466 e. The highest BCUT2D eigenvalue weighted by Crippen LogP contribution is 2.37. The number of benzene rings is 2. The third-order valence-electron chi connectivity index (χ3n) is 4.75. The van der Waals surface area contributed by atoms with Crippen molar-refractivity contribution in [2.45, 2.75) is 19.5 Å². The number of hydrogen-bond donors (Lipinski definition) is 1. The van der Waals surface area contributed by atoms with Gasteiger partial charge in [0.2, 0.25) is 0 Å². The molecule has 32 heavy (non-hydrogen) atoms. The van der Waals surface area contributed by atoms with Gasteiger partial charge < -0.3 is 9.30 Å². The Morgan fingerprint density at radius 3 is 2.31 bits per heavy atom. The molecule has 0 bridgehead atoms. The third-order valence-corrected chi connectivity index (χ3v) is 5.48. The molecule has 0 radical (unpaired) electrons. The van der Waals surface area contributed by atoms with E-state index in [0.29, 0.717) is 11.6 Å². The van der Waals surface area contributed by atoms with Gasteiger partial charge in [-0.25, -0.2) is 8.51 Å². The van der Waals surface area contributed by atoms with E-state index in [1.165, 1.54) is 31.3 Å². The molecule has 0 saturated carbocycles. The Morgan fingerprint density at radius 1 is 1.12 bits per heavy atom. The van der Waals surface area contributed by atoms with Crippen molar-refractivity contribution in [2.24, 2.45) is 7.05 Å². The van der Waals surface area contributed by atoms with Crippen LogP contribution in [0.25, 0.3) is 10.9 Å². The average Bonchev–Trinajstić information content (AvgIpc) is 2.71. The van der Waals surface area contributed by atoms with E-state index in [1.54, 1.807) is 19.1 Å². The fraction of sp³-hybridized carbons (Fsp3) is 0.238. The number of halogens is 3. The van der Waals surface area contributed by atoms with Gasteiger partial charge in [0.25, 0.3) is 16.8 Å². The number of rotatable bonds is 6. The minimum absolute atomic E-state index is 0.00921. The average molecular weight is 468 g/mol. The third kappa shape index (κ3) is 4.83. The topological polar surface area (TPSA) is 88.8 Å². The number of carbonyl (C=O) groups excluding carboxylic acids is 1. The van der Waals surface area contributed by atoms with Crippen molar-refractivity contribution in [1.82, 2.24) is 4.57 Å². The summed E-state index contributed by atoms with van der Waals surface area (Å²) in [5.74, 6) is -0.428. The molecule has 2 aromatic carbocycles. The molecule has 3 rings (SSSR count). The van der Waals surface area contributed by atoms with Crippen molar-refractivity contribution in [3.63, 3.8) is 0 Å². The summed E-state index contributed by atoms with van der Waals surface area (Å²) < 4.78 is 69.4. The summed E-state index contributed by atoms with van der Waals surface area (Å²) in [7, 11) is 1.34. The molecule has 0 aliphatic rings. The van der Waals surface area contributed by atoms with Gasteiger partial charge in [-0.15, -0.1) is 0 Å². The van der Waals surface area contributed by atoms with Crippen LogP contribution in [0.5, 0.6) is 0 Å². The van der Waals surface area contributed by atoms with E-state index in [2.05, 4.69) is 0 Å². The van der Waals surface area contributed by atoms with Gasteiger partial charge in [-0.1, -0.05) is 12.1 Å². The molecule has 0 saturated heterocycles. The van der Waals surface area contributed by atoms with E-state index in [-0.39, 0.29) is 35.3 Å². The van der Waals surface area contributed by atoms with Crippen LogP contribution in [-0.4, -0.2) is 25.9 Å². The molecule has 1 unspecified atom stereocenters. The Labute approximate surface area is 183 Å². The summed E-state index contributed by atoms with van der Waals surface area (Å²) >= 11 is -2.61. The van der Waals surface area contributed by atoms with Gasteiger partial charge >= 0.3 is 12.1 Å². The highest BCUT2D eigenvalue weighted by molar-refractivity contribution is 7.81. The van der Waals surface area contributed by atoms with Crippen molar-refractivity contribution in [3.8, 4) is 0 Å². The number of carbonyl (C=O) groups is 1. The summed E-state index contributed by atoms with van der Waals surface area (Å²) in [5, 5.41) is -0.286. The molecule has 1 atom stereocenters. The number of alkyl halides is 3. The summed E-state index contributed by atoms with van der Waals surface area (Å²) in [4.78, 5) is 23.5. The van der Waals surface area contributed by atoms with E-state index in [9.17, 15) is 31.5 Å². The van der Waals surface area contributed by atoms with Crippen LogP contribution in [0.4, 0.5) is 24.5 Å². The molecule has 0 spiro atoms. The van der Waals surface area contributed by atoms with Crippen LogP contribution in [-0.2, 0) is 40.4 Å². The molecular weight excluding hydrogens is 449 g/mol. The predicted octanol–water partition coefficient (Wildman–Crippen LogP) is 3.94. The van der Waals surface area contributed by atoms with Crippen molar-refractivity contribution >= 4 is 39.5 Å². The van der Waals surface area contributed by atoms with E-state index in [0.717, 1.165) is 14.9 Å². The predicted molar refractivity (Wildman–Crippen MR) is 114 cm³/mol. The van der Waals surface area contributed by atoms with Gasteiger partial charge in [-0.2, -0.15) is 13.2 Å². The zero-order chi connectivity index (χ0) is 23.6. The number of aryl methyl sites for hydroxylation is 1. The zero-order valence-electron chi connectivity index (χ0n) is 17.0. The van der Waals surface area contributed by atoms with Crippen molar-refractivity contribution in [1.29, 1.82) is 0 Å². The first-order chi connectivity index (χ1) is 15.0. The first kappa shape index (κ1) is 23.5. The van der Waals surface area contributed by atoms with Crippen molar-refractivity contribution in [3.05, 3.63) is 70.0 Å². The Balaban J connectivity index is 2.08. The number of pyridine rings is 1. The second-order valence-corrected chi connectivity index (χ2v) is 7.65. The van der Waals surface area contributed by atoms with Gasteiger partial charge in [0, 0.05) is 18.5 Å². The van der Waals surface area contributed by atoms with Crippen LogP contribution in [0.3, 0.4) is 0 Å². The number of nitrogens with zero attached hydrogens (tertiary/aromatic N) is 2. The maximum absolute atomic E-state index is 13.5. The Bertz CT molecular complexity index is 1240. The molecule has 7 nitrogen and oxygen atoms in total. The molecule has 1 N–H and O–H groups in total. The summed E-state index contributed by atoms with van der Waals surface area (Å²) in [6.07, 6.45) is -4.78. The van der Waals surface area contributed by atoms with E-state index >= 15 is 0 Å². The number of esters is 1. The summed E-state index contributed by atoms with van der Waals surface area (Å²) in [5.41, 5.74) is -1.09. The Kier molecular flexibility index (Phi) is 6.70. The molecular formula is C21H19F3N2O5S. The minimum atomic E-state index is -4.79. The quantitative estimate of drug-likeness (QED) is 0.437. The lowest BCUT2D eigenvalue weighted by Crippen LogP contribution is -2.22. The standard InChI is InChI=1S/C21H19F3N2O5S/c1-3-31-20(28)10-13-4-6-14(7-5-13)26(32(29)30)15-8-9-18-16(11-15)17(21(22,23)24)12-19(27)25(18)2/h4-9,11-12H,3,10H2,1-2H3,(H,29,30). The van der Waals surface area contributed by atoms with Crippen LogP contribution in [0.2, 0.25) is 0 Å². The van der Waals surface area contributed by atoms with Crippen LogP contribution >= 0.6 is 0 Å². The van der Waals surface area contributed by atoms with Gasteiger partial charge in [-0.3, -0.25) is 14.1 Å². The first-order valence-electron chi connectivity index (χ1n) is 9.39. The van der Waals surface area contributed by atoms with Crippen LogP contribution < -0.4 is 9.86 Å². The van der Waals surface area contributed by atoms with Crippen LogP contribution in [0, 0.1) is 0 Å². The lowest BCUT2D eigenvalue weighted by atomic mass is 10.1. The smallest absolute Gasteiger partial charge is 0.417 e. The zero-order valence-corrected chi connectivity index (χ0v) is 17.9. The monoisotopic (exact) mass is 468 g/mol. The fourth-order valence-electron chi connectivity index (χ4n) is 3.27. The molecule has 3 aromatic rings. The van der Waals surface area contributed by atoms with Gasteiger partial charge in [-0.05, 0) is 42.8 Å². The largest absolute Gasteiger partial charge is 0.466 e. The highest BCUT2D eigenvalue weighted by Gasteiger charge is 2.34. The molecule has 11 heteroatoms. The fourth-order valence-corrected chi connectivity index (χ4v) is 3.86. The first-order valence-corrected chi connectivity index (χ1v) is 10.5. The molecule has 0 aliphatic carbocycles. The molecule has 0 fully saturated rings. The van der Waals surface area contributed by atoms with Crippen LogP contribution in [0.1, 0.15) is 18.1 Å². The number of hydrogen-bond acceptors (Lipinski definition) is 4. The maximum atomic E-state index is 13.5. The van der Waals surface area contributed by atoms with Crippen molar-refractivity contribution < 1.29 is 31.5 Å². The van der Waals surface area contributed by atoms with Gasteiger partial charge in [0.1, 0.15) is 0 Å². The van der Waals surface area contributed by atoms with E-state index in [1.807, 2.05) is 0 Å². The van der Waals surface area contributed by atoms with Crippen molar-refractivity contribution in [2.75, 3.05) is 10.9 Å². The highest BCUT2D eigenvalue weighted by atomic mass is 32.2. The second-order valence-electron chi connectivity index (χ2n) is 6.83. The maximum Gasteiger partial charge on any atom is 0.417 e. The summed E-state index contributed by atoms with van der Waals surface area (Å²) in [6, 6.07) is 10.3. The molecule has 1 heterocycles. The van der Waals surface area contributed by atoms with E-state index in [4.69, 9.17) is 4.74 Å². The molecule has 0 aliphatic heterocycles. The summed E-state index contributed by atoms with van der Waals surface area (Å²) in [6.45, 7) is 1.92. The number of ether oxygens (including phenoxy) is 1. The number of fused-ring (bicyclic) bond motifs is 1. The SMILES string of the molecule is CCOC(=O)Cc1ccc(N(c2ccc3c(c2)c(C(F)(F)F)cc(=O)n3C)S(=O)O)cc1. The van der Waals surface area contributed by atoms with Gasteiger partial charge in [0.05, 0.1) is 35.5 Å². The molecule has 0 amide bonds. The van der Waals surface area contributed by atoms with E-state index < -0.39 is 34.5 Å². The Morgan fingerprint density at radius 2 is 1.75 bits per heavy atom. The lowest BCUT2D eigenvalue weighted by Gasteiger charge is -2.22. The lowest BCUT2D eigenvalue weighted by molar-refractivity contribution is -0.142. The number of aromatic nitrogens is 1. The van der Waals surface area contributed by atoms with Crippen LogP contribution in [0.15, 0.2) is 53.3 Å². The molecule has 170 valence electrons. The molecule has 1 aromatic heterocycles. The second kappa shape index (κ2) is 9.13. The normalized spacial score (nSPS) is 12.6. The van der Waals surface area contributed by atoms with Gasteiger partial charge in [0.15, 0.2) is 0 Å².